The summed E-state index contributed by atoms with van der Waals surface area (Å²) < 4.78 is 46.1. The van der Waals surface area contributed by atoms with E-state index >= 15 is 0 Å². The quantitative estimate of drug-likeness (QED) is 0.451. The molecule has 1 fully saturated rings. The van der Waals surface area contributed by atoms with Crippen LogP contribution in [-0.2, 0) is 22.0 Å². The second kappa shape index (κ2) is 10.6. The number of alkyl halides is 3. The van der Waals surface area contributed by atoms with Crippen molar-refractivity contribution in [2.24, 2.45) is 5.92 Å². The second-order valence-electron chi connectivity index (χ2n) is 10.7. The standard InChI is InChI=1S/C26H33F3N4O2Si/c1-25(2,3)36(4,5)35-17-18-6-9-23(31-16-18)32-24(34)19-10-12-33(13-11-19)21-8-7-20(15-30)22(14-21)26(27,28)29/h6-9,14,16,19H,10-13,17H2,1-5H3,(H,31,32,34). The van der Waals surface area contributed by atoms with E-state index in [0.717, 1.165) is 11.6 Å². The van der Waals surface area contributed by atoms with Crippen LogP contribution in [0.5, 0.6) is 0 Å². The van der Waals surface area contributed by atoms with Crippen molar-refractivity contribution >= 4 is 25.7 Å². The van der Waals surface area contributed by atoms with E-state index in [1.807, 2.05) is 11.0 Å². The minimum atomic E-state index is -4.60. The molecule has 0 radical (unpaired) electrons. The maximum Gasteiger partial charge on any atom is 0.417 e. The Bertz CT molecular complexity index is 1110. The number of nitriles is 1. The molecule has 2 aromatic rings. The van der Waals surface area contributed by atoms with Gasteiger partial charge in [-0.05, 0) is 60.8 Å². The normalized spacial score (nSPS) is 15.5. The van der Waals surface area contributed by atoms with Crippen molar-refractivity contribution in [2.75, 3.05) is 23.3 Å². The van der Waals surface area contributed by atoms with E-state index < -0.39 is 25.6 Å². The van der Waals surface area contributed by atoms with Gasteiger partial charge in [-0.2, -0.15) is 18.4 Å². The summed E-state index contributed by atoms with van der Waals surface area (Å²) in [7, 11) is -1.87. The molecule has 6 nitrogen and oxygen atoms in total. The highest BCUT2D eigenvalue weighted by Crippen LogP contribution is 2.37. The van der Waals surface area contributed by atoms with E-state index in [2.05, 4.69) is 44.2 Å². The lowest BCUT2D eigenvalue weighted by atomic mass is 9.95. The number of piperidine rings is 1. The summed E-state index contributed by atoms with van der Waals surface area (Å²) in [5.41, 5.74) is 0.00122. The summed E-state index contributed by atoms with van der Waals surface area (Å²) in [5.74, 6) is 0.0498. The Kier molecular flexibility index (Phi) is 8.16. The largest absolute Gasteiger partial charge is 0.417 e. The molecule has 0 atom stereocenters. The van der Waals surface area contributed by atoms with Crippen LogP contribution in [0.15, 0.2) is 36.5 Å². The van der Waals surface area contributed by atoms with E-state index in [4.69, 9.17) is 9.69 Å². The molecule has 1 aromatic carbocycles. The highest BCUT2D eigenvalue weighted by atomic mass is 28.4. The molecule has 0 bridgehead atoms. The fraction of sp³-hybridized carbons (Fsp3) is 0.500. The third kappa shape index (κ3) is 6.65. The Labute approximate surface area is 211 Å². The molecule has 10 heteroatoms. The predicted molar refractivity (Wildman–Crippen MR) is 136 cm³/mol. The molecular formula is C26H33F3N4O2Si. The van der Waals surface area contributed by atoms with E-state index in [-0.39, 0.29) is 16.9 Å². The van der Waals surface area contributed by atoms with Crippen LogP contribution in [0.2, 0.25) is 18.1 Å². The fourth-order valence-corrected chi connectivity index (χ4v) is 4.71. The van der Waals surface area contributed by atoms with Gasteiger partial charge in [0.05, 0.1) is 23.8 Å². The molecule has 0 spiro atoms. The van der Waals surface area contributed by atoms with Crippen LogP contribution in [0, 0.1) is 17.2 Å². The topological polar surface area (TPSA) is 78.2 Å². The number of nitrogens with zero attached hydrogens (tertiary/aromatic N) is 3. The van der Waals surface area contributed by atoms with Gasteiger partial charge < -0.3 is 14.6 Å². The zero-order valence-electron chi connectivity index (χ0n) is 21.4. The van der Waals surface area contributed by atoms with Crippen LogP contribution in [0.3, 0.4) is 0 Å². The Morgan fingerprint density at radius 3 is 2.39 bits per heavy atom. The molecule has 3 rings (SSSR count). The molecule has 1 amide bonds. The number of hydrogen-bond acceptors (Lipinski definition) is 5. The van der Waals surface area contributed by atoms with Crippen molar-refractivity contribution in [3.63, 3.8) is 0 Å². The highest BCUT2D eigenvalue weighted by Gasteiger charge is 2.37. The molecule has 0 aliphatic carbocycles. The number of benzene rings is 1. The number of carbonyl (C=O) groups is 1. The first-order valence-electron chi connectivity index (χ1n) is 12.0. The Morgan fingerprint density at radius 1 is 1.19 bits per heavy atom. The zero-order valence-corrected chi connectivity index (χ0v) is 22.4. The lowest BCUT2D eigenvalue weighted by Crippen LogP contribution is -2.40. The minimum absolute atomic E-state index is 0.116. The minimum Gasteiger partial charge on any atom is -0.413 e. The van der Waals surface area contributed by atoms with Gasteiger partial charge in [0.15, 0.2) is 8.32 Å². The average Bonchev–Trinajstić information content (AvgIpc) is 2.82. The van der Waals surface area contributed by atoms with Crippen molar-refractivity contribution in [1.82, 2.24) is 4.98 Å². The van der Waals surface area contributed by atoms with Gasteiger partial charge in [0, 0.05) is 30.9 Å². The van der Waals surface area contributed by atoms with Crippen molar-refractivity contribution in [1.29, 1.82) is 5.26 Å². The van der Waals surface area contributed by atoms with Gasteiger partial charge in [0.25, 0.3) is 0 Å². The molecule has 194 valence electrons. The van der Waals surface area contributed by atoms with E-state index in [0.29, 0.717) is 44.0 Å². The first-order chi connectivity index (χ1) is 16.7. The molecule has 2 heterocycles. The number of pyridine rings is 1. The van der Waals surface area contributed by atoms with Gasteiger partial charge in [-0.3, -0.25) is 4.79 Å². The number of nitrogens with one attached hydrogen (secondary N) is 1. The monoisotopic (exact) mass is 518 g/mol. The fourth-order valence-electron chi connectivity index (χ4n) is 3.75. The second-order valence-corrected chi connectivity index (χ2v) is 15.5. The predicted octanol–water partition coefficient (Wildman–Crippen LogP) is 6.35. The molecule has 1 N–H and O–H groups in total. The van der Waals surface area contributed by atoms with Crippen molar-refractivity contribution in [3.8, 4) is 6.07 Å². The summed E-state index contributed by atoms with van der Waals surface area (Å²) in [6.07, 6.45) is -1.88. The van der Waals surface area contributed by atoms with E-state index in [9.17, 15) is 18.0 Å². The molecule has 1 saturated heterocycles. The number of anilines is 2. The van der Waals surface area contributed by atoms with Gasteiger partial charge in [-0.25, -0.2) is 4.98 Å². The van der Waals surface area contributed by atoms with Crippen LogP contribution in [0.4, 0.5) is 24.7 Å². The zero-order chi connectivity index (χ0) is 26.7. The number of rotatable bonds is 6. The van der Waals surface area contributed by atoms with Gasteiger partial charge in [-0.15, -0.1) is 0 Å². The smallest absolute Gasteiger partial charge is 0.413 e. The van der Waals surface area contributed by atoms with Gasteiger partial charge in [-0.1, -0.05) is 26.8 Å². The maximum absolute atomic E-state index is 13.3. The number of halogens is 3. The summed E-state index contributed by atoms with van der Waals surface area (Å²) in [6.45, 7) is 12.3. The average molecular weight is 519 g/mol. The molecular weight excluding hydrogens is 485 g/mol. The Hall–Kier alpha value is -2.90. The van der Waals surface area contributed by atoms with E-state index in [1.165, 1.54) is 12.1 Å². The molecule has 1 aromatic heterocycles. The van der Waals surface area contributed by atoms with Gasteiger partial charge in [0.2, 0.25) is 5.91 Å². The number of carbonyl (C=O) groups excluding carboxylic acids is 1. The third-order valence-electron chi connectivity index (χ3n) is 7.14. The molecule has 0 saturated carbocycles. The number of amides is 1. The van der Waals surface area contributed by atoms with Crippen LogP contribution >= 0.6 is 0 Å². The van der Waals surface area contributed by atoms with E-state index in [1.54, 1.807) is 18.3 Å². The SMILES string of the molecule is CC(C)(C)[Si](C)(C)OCc1ccc(NC(=O)C2CCN(c3ccc(C#N)c(C(F)(F)F)c3)CC2)nc1. The van der Waals surface area contributed by atoms with Crippen LogP contribution < -0.4 is 10.2 Å². The molecule has 1 aliphatic rings. The first-order valence-corrected chi connectivity index (χ1v) is 14.9. The maximum atomic E-state index is 13.3. The van der Waals surface area contributed by atoms with Crippen molar-refractivity contribution in [3.05, 3.63) is 53.2 Å². The number of hydrogen-bond donors (Lipinski definition) is 1. The molecule has 1 aliphatic heterocycles. The van der Waals surface area contributed by atoms with Crippen LogP contribution in [-0.4, -0.2) is 32.3 Å². The Morgan fingerprint density at radius 2 is 1.86 bits per heavy atom. The first kappa shape index (κ1) is 27.7. The van der Waals surface area contributed by atoms with Gasteiger partial charge >= 0.3 is 6.18 Å². The van der Waals surface area contributed by atoms with Gasteiger partial charge in [0.1, 0.15) is 5.82 Å². The van der Waals surface area contributed by atoms with Crippen molar-refractivity contribution in [2.45, 2.75) is 64.5 Å². The molecule has 0 unspecified atom stereocenters. The summed E-state index contributed by atoms with van der Waals surface area (Å²) >= 11 is 0. The summed E-state index contributed by atoms with van der Waals surface area (Å²) in [4.78, 5) is 18.9. The summed E-state index contributed by atoms with van der Waals surface area (Å²) in [6, 6.07) is 8.98. The van der Waals surface area contributed by atoms with Crippen LogP contribution in [0.1, 0.15) is 50.3 Å². The third-order valence-corrected chi connectivity index (χ3v) is 11.6. The highest BCUT2D eigenvalue weighted by molar-refractivity contribution is 6.74. The van der Waals surface area contributed by atoms with Crippen LogP contribution in [0.25, 0.3) is 0 Å². The number of aromatic nitrogens is 1. The lowest BCUT2D eigenvalue weighted by molar-refractivity contribution is -0.137. The molecule has 36 heavy (non-hydrogen) atoms. The lowest BCUT2D eigenvalue weighted by Gasteiger charge is -2.36. The van der Waals surface area contributed by atoms with Crippen molar-refractivity contribution < 1.29 is 22.4 Å². The summed E-state index contributed by atoms with van der Waals surface area (Å²) in [5, 5.41) is 11.9. The Balaban J connectivity index is 1.54.